The van der Waals surface area contributed by atoms with E-state index in [1.165, 1.54) is 0 Å². The summed E-state index contributed by atoms with van der Waals surface area (Å²) in [6.07, 6.45) is 13.6. The number of aliphatic hydroxyl groups excluding tert-OH is 4. The maximum Gasteiger partial charge on any atom is 0.183 e. The van der Waals surface area contributed by atoms with E-state index in [4.69, 9.17) is 9.47 Å². The Hall–Kier alpha value is -4.28. The van der Waals surface area contributed by atoms with Crippen LogP contribution in [0.15, 0.2) is 93.9 Å². The standard InChI is InChI=1S/2C28H40O5/c2*1-16(2)22(30)21-23(31)19-14-18-11-10-17(3)20(29)15-26(4,5)12-9-13-28(18,8)33-25(19)27(6,7)24(21)32/h2*9,12,16,18,20,29,31H,3,10-11,13-15H2,1-2,4-8H3/b2*12-9+/t2*18-,20+,28+/m11/s1. The quantitative estimate of drug-likeness (QED) is 0.157. The molecule has 6 rings (SSSR count). The number of rotatable bonds is 4. The largest absolute Gasteiger partial charge is 0.507 e. The summed E-state index contributed by atoms with van der Waals surface area (Å²) < 4.78 is 13.3. The fourth-order valence-corrected chi connectivity index (χ4v) is 10.6. The highest BCUT2D eigenvalue weighted by atomic mass is 16.5. The summed E-state index contributed by atoms with van der Waals surface area (Å²) >= 11 is 0. The minimum absolute atomic E-state index is 0.0209. The maximum absolute atomic E-state index is 13.3. The van der Waals surface area contributed by atoms with Gasteiger partial charge in [0.15, 0.2) is 23.1 Å². The van der Waals surface area contributed by atoms with Crippen molar-refractivity contribution in [2.24, 2.45) is 45.3 Å². The Morgan fingerprint density at radius 1 is 0.606 bits per heavy atom. The minimum atomic E-state index is -1.04. The van der Waals surface area contributed by atoms with Gasteiger partial charge < -0.3 is 29.9 Å². The van der Waals surface area contributed by atoms with Crippen molar-refractivity contribution in [2.45, 2.75) is 185 Å². The molecule has 0 amide bonds. The number of fused-ring (bicyclic) bond motifs is 2. The number of ketones is 4. The van der Waals surface area contributed by atoms with E-state index in [0.29, 0.717) is 74.0 Å². The SMILES string of the molecule is C=C1CC[C@@H]2CC3=C(O[C@@]2(C)C/C=C/C(C)(C)C[C@@H]1O)C(C)(C)C(=O)C(C(=O)C(C)C)=C3O.C=C1CC[C@@H]2CC3=C(O[C@@]2(C)C/C=C/C(C)(C)C[C@@H]1O)C(C)(C)C(=O)C(C(=O)C(C)C)=C3O. The predicted molar refractivity (Wildman–Crippen MR) is 259 cm³/mol. The molecule has 0 fully saturated rings. The van der Waals surface area contributed by atoms with Gasteiger partial charge in [0.1, 0.15) is 45.4 Å². The highest BCUT2D eigenvalue weighted by Gasteiger charge is 2.54. The van der Waals surface area contributed by atoms with Gasteiger partial charge in [0, 0.05) is 47.7 Å². The molecule has 2 heterocycles. The normalized spacial score (nSPS) is 33.1. The van der Waals surface area contributed by atoms with Crippen molar-refractivity contribution < 1.29 is 49.1 Å². The number of carbonyl (C=O) groups excluding carboxylic acids is 4. The van der Waals surface area contributed by atoms with Crippen molar-refractivity contribution in [3.8, 4) is 0 Å². The molecule has 10 nitrogen and oxygen atoms in total. The molecule has 2 aliphatic heterocycles. The fourth-order valence-electron chi connectivity index (χ4n) is 10.6. The monoisotopic (exact) mass is 913 g/mol. The molecule has 66 heavy (non-hydrogen) atoms. The molecule has 0 aromatic rings. The Labute approximate surface area is 394 Å². The van der Waals surface area contributed by atoms with Crippen molar-refractivity contribution in [3.63, 3.8) is 0 Å². The summed E-state index contributed by atoms with van der Waals surface area (Å²) in [7, 11) is 0. The van der Waals surface area contributed by atoms with Crippen LogP contribution >= 0.6 is 0 Å². The molecule has 0 aromatic heterocycles. The Kier molecular flexibility index (Phi) is 14.9. The molecule has 364 valence electrons. The lowest BCUT2D eigenvalue weighted by molar-refractivity contribution is -0.134. The highest BCUT2D eigenvalue weighted by molar-refractivity contribution is 6.25. The van der Waals surface area contributed by atoms with Crippen molar-refractivity contribution >= 4 is 23.1 Å². The summed E-state index contributed by atoms with van der Waals surface area (Å²) in [6.45, 7) is 34.8. The van der Waals surface area contributed by atoms with Gasteiger partial charge in [-0.3, -0.25) is 19.2 Å². The second-order valence-corrected chi connectivity index (χ2v) is 23.7. The molecule has 0 saturated carbocycles. The first-order chi connectivity index (χ1) is 30.2. The van der Waals surface area contributed by atoms with Crippen LogP contribution in [0.4, 0.5) is 0 Å². The van der Waals surface area contributed by atoms with Crippen LogP contribution in [0.2, 0.25) is 0 Å². The molecule has 0 aromatic carbocycles. The fraction of sp³-hybridized carbons (Fsp3) is 0.643. The average Bonchev–Trinajstić information content (AvgIpc) is 3.22. The molecule has 0 bridgehead atoms. The van der Waals surface area contributed by atoms with Crippen molar-refractivity contribution in [2.75, 3.05) is 0 Å². The van der Waals surface area contributed by atoms with E-state index in [1.54, 1.807) is 55.4 Å². The lowest BCUT2D eigenvalue weighted by Crippen LogP contribution is -2.48. The van der Waals surface area contributed by atoms with Crippen LogP contribution < -0.4 is 0 Å². The predicted octanol–water partition coefficient (Wildman–Crippen LogP) is 11.5. The number of Topliss-reactive ketones (excluding diaryl/α,β-unsaturated/α-hetero) is 4. The lowest BCUT2D eigenvalue weighted by Gasteiger charge is -2.48. The maximum atomic E-state index is 13.3. The third-order valence-corrected chi connectivity index (χ3v) is 15.4. The van der Waals surface area contributed by atoms with E-state index in [-0.39, 0.29) is 68.5 Å². The number of aliphatic hydroxyl groups is 4. The van der Waals surface area contributed by atoms with Crippen LogP contribution in [0.1, 0.15) is 161 Å². The summed E-state index contributed by atoms with van der Waals surface area (Å²) in [5.41, 5.74) is -1.09. The van der Waals surface area contributed by atoms with Gasteiger partial charge in [-0.25, -0.2) is 0 Å². The number of carbonyl (C=O) groups is 4. The highest BCUT2D eigenvalue weighted by Crippen LogP contribution is 2.54. The summed E-state index contributed by atoms with van der Waals surface area (Å²) in [5.74, 6) is -1.68. The van der Waals surface area contributed by atoms with Gasteiger partial charge >= 0.3 is 0 Å². The molecule has 0 spiro atoms. The van der Waals surface area contributed by atoms with Gasteiger partial charge in [-0.15, -0.1) is 0 Å². The molecule has 6 aliphatic rings. The first-order valence-corrected chi connectivity index (χ1v) is 24.2. The smallest absolute Gasteiger partial charge is 0.183 e. The zero-order chi connectivity index (χ0) is 49.9. The van der Waals surface area contributed by atoms with E-state index in [2.05, 4.69) is 79.0 Å². The summed E-state index contributed by atoms with van der Waals surface area (Å²) in [6, 6.07) is 0. The number of allylic oxidation sites excluding steroid dienone is 8. The van der Waals surface area contributed by atoms with Gasteiger partial charge in [0.25, 0.3) is 0 Å². The van der Waals surface area contributed by atoms with Gasteiger partial charge in [0.05, 0.1) is 23.0 Å². The first kappa shape index (κ1) is 52.7. The Morgan fingerprint density at radius 2 is 0.924 bits per heavy atom. The van der Waals surface area contributed by atoms with E-state index in [1.807, 2.05) is 0 Å². The molecular formula is C56H80O10. The molecule has 0 unspecified atom stereocenters. The average molecular weight is 913 g/mol. The second-order valence-electron chi connectivity index (χ2n) is 23.7. The van der Waals surface area contributed by atoms with E-state index in [9.17, 15) is 39.6 Å². The molecular weight excluding hydrogens is 833 g/mol. The van der Waals surface area contributed by atoms with Crippen molar-refractivity contribution in [1.29, 1.82) is 0 Å². The van der Waals surface area contributed by atoms with Gasteiger partial charge in [-0.05, 0) is 115 Å². The van der Waals surface area contributed by atoms with E-state index < -0.39 is 46.1 Å². The first-order valence-electron chi connectivity index (χ1n) is 24.2. The number of ether oxygens (including phenoxy) is 2. The lowest BCUT2D eigenvalue weighted by atomic mass is 9.67. The van der Waals surface area contributed by atoms with Crippen LogP contribution in [0.25, 0.3) is 0 Å². The molecule has 10 heteroatoms. The van der Waals surface area contributed by atoms with Crippen LogP contribution in [0.3, 0.4) is 0 Å². The number of hydrogen-bond acceptors (Lipinski definition) is 10. The third kappa shape index (κ3) is 10.3. The second kappa shape index (κ2) is 18.7. The van der Waals surface area contributed by atoms with Gasteiger partial charge in [0.2, 0.25) is 0 Å². The van der Waals surface area contributed by atoms with Crippen LogP contribution in [-0.4, -0.2) is 67.0 Å². The minimum Gasteiger partial charge on any atom is -0.507 e. The Morgan fingerprint density at radius 3 is 1.23 bits per heavy atom. The molecule has 6 atom stereocenters. The Bertz CT molecular complexity index is 2070. The molecule has 4 aliphatic carbocycles. The molecule has 0 saturated heterocycles. The van der Waals surface area contributed by atoms with Crippen molar-refractivity contribution in [1.82, 2.24) is 0 Å². The molecule has 0 radical (unpaired) electrons. The van der Waals surface area contributed by atoms with Crippen LogP contribution in [-0.2, 0) is 28.7 Å². The van der Waals surface area contributed by atoms with E-state index in [0.717, 1.165) is 24.0 Å². The zero-order valence-electron chi connectivity index (χ0n) is 42.5. The van der Waals surface area contributed by atoms with Crippen molar-refractivity contribution in [3.05, 3.63) is 93.9 Å². The third-order valence-electron chi connectivity index (χ3n) is 15.4. The summed E-state index contributed by atoms with van der Waals surface area (Å²) in [5, 5.41) is 43.6. The van der Waals surface area contributed by atoms with Gasteiger partial charge in [-0.2, -0.15) is 0 Å². The molecule has 4 N–H and O–H groups in total. The number of hydrogen-bond donors (Lipinski definition) is 4. The van der Waals surface area contributed by atoms with Gasteiger partial charge in [-0.1, -0.05) is 92.9 Å². The summed E-state index contributed by atoms with van der Waals surface area (Å²) in [4.78, 5) is 52.4. The Balaban J connectivity index is 0.000000247. The zero-order valence-corrected chi connectivity index (χ0v) is 42.5. The van der Waals surface area contributed by atoms with E-state index >= 15 is 0 Å². The van der Waals surface area contributed by atoms with Crippen LogP contribution in [0, 0.1) is 45.3 Å². The van der Waals surface area contributed by atoms with Crippen LogP contribution in [0.5, 0.6) is 0 Å². The topological polar surface area (TPSA) is 168 Å².